The van der Waals surface area contributed by atoms with Crippen LogP contribution in [0.3, 0.4) is 0 Å². The lowest BCUT2D eigenvalue weighted by molar-refractivity contribution is 0.217. The third-order valence-corrected chi connectivity index (χ3v) is 7.27. The lowest BCUT2D eigenvalue weighted by Crippen LogP contribution is -2.36. The van der Waals surface area contributed by atoms with E-state index in [0.29, 0.717) is 51.7 Å². The molecule has 0 unspecified atom stereocenters. The van der Waals surface area contributed by atoms with Gasteiger partial charge in [0.25, 0.3) is 0 Å². The summed E-state index contributed by atoms with van der Waals surface area (Å²) in [5, 5.41) is 23.5. The molecule has 2 heterocycles. The molecule has 0 saturated heterocycles. The van der Waals surface area contributed by atoms with Crippen molar-refractivity contribution in [1.82, 2.24) is 9.97 Å². The Morgan fingerprint density at radius 3 is 2.82 bits per heavy atom. The number of hydrogen-bond donors (Lipinski definition) is 2. The fourth-order valence-electron chi connectivity index (χ4n) is 4.24. The van der Waals surface area contributed by atoms with Gasteiger partial charge in [-0.05, 0) is 42.0 Å². The fraction of sp³-hybridized carbons (Fsp3) is 0.280. The highest BCUT2D eigenvalue weighted by Crippen LogP contribution is 2.44. The maximum absolute atomic E-state index is 11.5. The first kappa shape index (κ1) is 27.4. The molecule has 13 heteroatoms. The Labute approximate surface area is 226 Å². The van der Waals surface area contributed by atoms with E-state index >= 15 is 0 Å². The number of halogens is 1. The number of carbonyl (C=O) groups is 1. The predicted molar refractivity (Wildman–Crippen MR) is 146 cm³/mol. The molecule has 1 aliphatic rings. The van der Waals surface area contributed by atoms with Gasteiger partial charge < -0.3 is 24.8 Å². The van der Waals surface area contributed by atoms with Crippen LogP contribution >= 0.6 is 11.6 Å². The molecule has 0 saturated carbocycles. The summed E-state index contributed by atoms with van der Waals surface area (Å²) in [4.78, 5) is 21.7. The molecular formula is C25H24BClN5O5S. The number of fused-ring (bicyclic) bond motifs is 1. The Morgan fingerprint density at radius 2 is 2.13 bits per heavy atom. The van der Waals surface area contributed by atoms with Crippen LogP contribution in [0.5, 0.6) is 5.75 Å². The third-order valence-electron chi connectivity index (χ3n) is 6.13. The van der Waals surface area contributed by atoms with Crippen LogP contribution in [0.1, 0.15) is 18.1 Å². The average Bonchev–Trinajstić information content (AvgIpc) is 3.16. The molecule has 0 aliphatic carbocycles. The van der Waals surface area contributed by atoms with Gasteiger partial charge in [0.15, 0.2) is 9.84 Å². The van der Waals surface area contributed by atoms with Gasteiger partial charge in [0, 0.05) is 40.7 Å². The monoisotopic (exact) mass is 552 g/mol. The van der Waals surface area contributed by atoms with Crippen molar-refractivity contribution in [1.29, 1.82) is 5.26 Å². The Kier molecular flexibility index (Phi) is 7.92. The van der Waals surface area contributed by atoms with Crippen molar-refractivity contribution < 1.29 is 23.1 Å². The zero-order chi connectivity index (χ0) is 27.5. The quantitative estimate of drug-likeness (QED) is 0.284. The summed E-state index contributed by atoms with van der Waals surface area (Å²) in [6.45, 7) is 2.01. The van der Waals surface area contributed by atoms with E-state index in [4.69, 9.17) is 16.3 Å². The van der Waals surface area contributed by atoms with Crippen molar-refractivity contribution in [3.63, 3.8) is 0 Å². The summed E-state index contributed by atoms with van der Waals surface area (Å²) >= 11 is 6.17. The molecule has 2 N–H and O–H groups in total. The summed E-state index contributed by atoms with van der Waals surface area (Å²) in [7, 11) is -1.84. The molecule has 195 valence electrons. The predicted octanol–water partition coefficient (Wildman–Crippen LogP) is 2.72. The molecule has 1 aliphatic heterocycles. The highest BCUT2D eigenvalue weighted by atomic mass is 35.5. The second kappa shape index (κ2) is 11.0. The van der Waals surface area contributed by atoms with Crippen LogP contribution in [-0.2, 0) is 20.0 Å². The molecule has 0 fully saturated rings. The number of nitriles is 1. The van der Waals surface area contributed by atoms with Crippen LogP contribution in [0.2, 0.25) is 5.02 Å². The largest absolute Gasteiger partial charge is 0.490 e. The van der Waals surface area contributed by atoms with Crippen molar-refractivity contribution in [3.8, 4) is 23.1 Å². The summed E-state index contributed by atoms with van der Waals surface area (Å²) in [6.07, 6.45) is 3.34. The van der Waals surface area contributed by atoms with E-state index in [9.17, 15) is 23.6 Å². The van der Waals surface area contributed by atoms with Crippen LogP contribution in [0, 0.1) is 11.3 Å². The average molecular weight is 553 g/mol. The van der Waals surface area contributed by atoms with Crippen LogP contribution in [-0.4, -0.2) is 68.9 Å². The van der Waals surface area contributed by atoms with Crippen LogP contribution in [0.4, 0.5) is 17.3 Å². The first-order chi connectivity index (χ1) is 18.1. The number of ether oxygens (including phenoxy) is 1. The summed E-state index contributed by atoms with van der Waals surface area (Å²) in [5.74, 6) is 0.453. The zero-order valence-electron chi connectivity index (χ0n) is 20.7. The van der Waals surface area contributed by atoms with Gasteiger partial charge in [-0.25, -0.2) is 18.4 Å². The number of nitrogens with zero attached hydrogens (tertiary/aromatic N) is 4. The van der Waals surface area contributed by atoms with Crippen molar-refractivity contribution >= 4 is 52.4 Å². The smallest absolute Gasteiger partial charge is 0.329 e. The van der Waals surface area contributed by atoms with Gasteiger partial charge in [0.2, 0.25) is 5.95 Å². The number of aliphatic hydroxyl groups excluding tert-OH is 1. The third kappa shape index (κ3) is 5.91. The second-order valence-electron chi connectivity index (χ2n) is 9.17. The minimum Gasteiger partial charge on any atom is -0.490 e. The lowest BCUT2D eigenvalue weighted by Gasteiger charge is -2.23. The van der Waals surface area contributed by atoms with Gasteiger partial charge >= 0.3 is 7.41 Å². The van der Waals surface area contributed by atoms with E-state index in [-0.39, 0.29) is 24.9 Å². The SMILES string of the molecule is C[C@]1(CO)CN([B]C=O)c2c(C#N)cc(-c3ccnc(Nc4cc(Cl)ccc4OCCS(C)(=O)=O)n3)cc21. The molecule has 2 aromatic carbocycles. The molecular weight excluding hydrogens is 529 g/mol. The van der Waals surface area contributed by atoms with Gasteiger partial charge in [0.1, 0.15) is 24.6 Å². The number of aliphatic hydroxyl groups is 1. The molecule has 10 nitrogen and oxygen atoms in total. The van der Waals surface area contributed by atoms with Crippen molar-refractivity contribution in [3.05, 3.63) is 58.7 Å². The minimum atomic E-state index is -3.19. The van der Waals surface area contributed by atoms with E-state index in [1.807, 2.05) is 13.0 Å². The van der Waals surface area contributed by atoms with Crippen LogP contribution < -0.4 is 14.9 Å². The zero-order valence-corrected chi connectivity index (χ0v) is 22.3. The first-order valence-corrected chi connectivity index (χ1v) is 14.0. The number of sulfone groups is 1. The Morgan fingerprint density at radius 1 is 1.34 bits per heavy atom. The Hall–Kier alpha value is -3.66. The molecule has 0 amide bonds. The number of nitrogens with one attached hydrogen (secondary N) is 1. The van der Waals surface area contributed by atoms with Gasteiger partial charge in [-0.1, -0.05) is 18.5 Å². The van der Waals surface area contributed by atoms with Gasteiger partial charge in [-0.3, -0.25) is 0 Å². The standard InChI is InChI=1S/C25H24BClN5O5S/c1-25(14-33)13-32(26-15-34)23-17(12-28)9-16(10-19(23)25)20-5-6-29-24(30-20)31-21-11-18(27)3-4-22(21)37-7-8-38(2,35)36/h3-6,9-11,15,33H,7-8,13-14H2,1-2H3,(H,29,30,31)/t25-/m1/s1. The maximum Gasteiger partial charge on any atom is 0.329 e. The Balaban J connectivity index is 1.68. The number of anilines is 3. The van der Waals surface area contributed by atoms with Gasteiger partial charge in [-0.2, -0.15) is 5.26 Å². The first-order valence-electron chi connectivity index (χ1n) is 11.5. The topological polar surface area (TPSA) is 146 Å². The highest BCUT2D eigenvalue weighted by Gasteiger charge is 2.40. The highest BCUT2D eigenvalue weighted by molar-refractivity contribution is 7.90. The molecule has 1 atom stereocenters. The lowest BCUT2D eigenvalue weighted by atomic mass is 9.83. The Bertz CT molecular complexity index is 1530. The van der Waals surface area contributed by atoms with Crippen molar-refractivity contribution in [2.24, 2.45) is 0 Å². The molecule has 38 heavy (non-hydrogen) atoms. The van der Waals surface area contributed by atoms with E-state index in [0.717, 1.165) is 11.8 Å². The van der Waals surface area contributed by atoms with Crippen LogP contribution in [0.25, 0.3) is 11.3 Å². The summed E-state index contributed by atoms with van der Waals surface area (Å²) < 4.78 is 28.6. The van der Waals surface area contributed by atoms with Crippen molar-refractivity contribution in [2.45, 2.75) is 12.3 Å². The van der Waals surface area contributed by atoms with Gasteiger partial charge in [0.05, 0.1) is 29.3 Å². The van der Waals surface area contributed by atoms with E-state index in [1.165, 1.54) is 7.41 Å². The molecule has 0 bridgehead atoms. The molecule has 4 rings (SSSR count). The number of aromatic nitrogens is 2. The second-order valence-corrected chi connectivity index (χ2v) is 11.9. The van der Waals surface area contributed by atoms with Crippen molar-refractivity contribution in [2.75, 3.05) is 41.9 Å². The van der Waals surface area contributed by atoms with E-state index in [2.05, 4.69) is 21.4 Å². The van der Waals surface area contributed by atoms with Crippen LogP contribution in [0.15, 0.2) is 42.6 Å². The number of carbonyl (C=O) groups excluding carboxylic acids is 1. The number of rotatable bonds is 10. The fourth-order valence-corrected chi connectivity index (χ4v) is 4.80. The molecule has 1 aromatic heterocycles. The summed E-state index contributed by atoms with van der Waals surface area (Å²) in [6, 6.07) is 12.3. The number of benzene rings is 2. The molecule has 1 radical (unpaired) electrons. The van der Waals surface area contributed by atoms with E-state index in [1.54, 1.807) is 41.3 Å². The number of hydrogen-bond acceptors (Lipinski definition) is 10. The minimum absolute atomic E-state index is 0.0374. The van der Waals surface area contributed by atoms with E-state index < -0.39 is 15.3 Å². The summed E-state index contributed by atoms with van der Waals surface area (Å²) in [5.41, 5.74) is 2.57. The normalized spacial score (nSPS) is 16.4. The molecule has 0 spiro atoms. The maximum atomic E-state index is 11.5. The van der Waals surface area contributed by atoms with Gasteiger partial charge in [-0.15, -0.1) is 0 Å². The molecule has 3 aromatic rings.